The van der Waals surface area contributed by atoms with Crippen molar-refractivity contribution in [2.45, 2.75) is 6.92 Å². The molecule has 0 atom stereocenters. The lowest BCUT2D eigenvalue weighted by Gasteiger charge is -2.02. The zero-order valence-electron chi connectivity index (χ0n) is 7.14. The zero-order chi connectivity index (χ0) is 10.2. The molecule has 0 radical (unpaired) electrons. The fourth-order valence-electron chi connectivity index (χ4n) is 0.991. The molecule has 0 saturated carbocycles. The molecule has 6 nitrogen and oxygen atoms in total. The van der Waals surface area contributed by atoms with Crippen LogP contribution in [0.4, 0.5) is 4.79 Å². The van der Waals surface area contributed by atoms with E-state index in [-0.39, 0.29) is 10.1 Å². The first-order valence-electron chi connectivity index (χ1n) is 3.47. The summed E-state index contributed by atoms with van der Waals surface area (Å²) in [5.41, 5.74) is -1.44. The second kappa shape index (κ2) is 2.89. The van der Waals surface area contributed by atoms with Gasteiger partial charge in [0.2, 0.25) is 0 Å². The Hall–Kier alpha value is -1.85. The second-order valence-corrected chi connectivity index (χ2v) is 2.63. The molecule has 13 heavy (non-hydrogen) atoms. The average molecular weight is 184 g/mol. The standard InChI is InChI=1S/C7H8N2O4/c1-4-3-8(2)6(11)9(5(4)10)7(12)13/h3H,1-2H3,(H,12,13). The summed E-state index contributed by atoms with van der Waals surface area (Å²) in [4.78, 5) is 32.8. The van der Waals surface area contributed by atoms with E-state index in [1.165, 1.54) is 20.2 Å². The van der Waals surface area contributed by atoms with Gasteiger partial charge in [0, 0.05) is 18.8 Å². The molecule has 0 aliphatic rings. The van der Waals surface area contributed by atoms with Gasteiger partial charge in [0.1, 0.15) is 0 Å². The van der Waals surface area contributed by atoms with Gasteiger partial charge in [0.05, 0.1) is 0 Å². The first kappa shape index (κ1) is 9.24. The van der Waals surface area contributed by atoms with Gasteiger partial charge in [-0.05, 0) is 6.92 Å². The molecule has 0 aliphatic carbocycles. The molecule has 70 valence electrons. The number of carbonyl (C=O) groups is 1. The Labute approximate surface area is 72.7 Å². The second-order valence-electron chi connectivity index (χ2n) is 2.63. The van der Waals surface area contributed by atoms with E-state index in [1.807, 2.05) is 0 Å². The summed E-state index contributed by atoms with van der Waals surface area (Å²) in [6, 6.07) is 0. The van der Waals surface area contributed by atoms with Crippen molar-refractivity contribution in [1.82, 2.24) is 9.13 Å². The van der Waals surface area contributed by atoms with Gasteiger partial charge in [-0.25, -0.2) is 9.59 Å². The minimum absolute atomic E-state index is 0.176. The Bertz CT molecular complexity index is 434. The minimum Gasteiger partial charge on any atom is -0.464 e. The number of carboxylic acid groups (broad SMARTS) is 1. The highest BCUT2D eigenvalue weighted by Gasteiger charge is 2.11. The molecule has 0 spiro atoms. The predicted octanol–water partition coefficient (Wildman–Crippen LogP) is -0.618. The van der Waals surface area contributed by atoms with E-state index in [4.69, 9.17) is 5.11 Å². The fraction of sp³-hybridized carbons (Fsp3) is 0.286. The van der Waals surface area contributed by atoms with Crippen molar-refractivity contribution in [3.8, 4) is 0 Å². The van der Waals surface area contributed by atoms with Crippen LogP contribution in [0.25, 0.3) is 0 Å². The third-order valence-corrected chi connectivity index (χ3v) is 1.61. The maximum Gasteiger partial charge on any atom is 0.422 e. The first-order valence-corrected chi connectivity index (χ1v) is 3.47. The lowest BCUT2D eigenvalue weighted by Crippen LogP contribution is -2.43. The van der Waals surface area contributed by atoms with E-state index < -0.39 is 17.3 Å². The zero-order valence-corrected chi connectivity index (χ0v) is 7.14. The van der Waals surface area contributed by atoms with Gasteiger partial charge in [-0.15, -0.1) is 0 Å². The largest absolute Gasteiger partial charge is 0.464 e. The summed E-state index contributed by atoms with van der Waals surface area (Å²) in [5.74, 6) is 0. The van der Waals surface area contributed by atoms with Gasteiger partial charge in [0.25, 0.3) is 5.56 Å². The number of hydrogen-bond acceptors (Lipinski definition) is 3. The molecule has 1 N–H and O–H groups in total. The molecule has 0 saturated heterocycles. The van der Waals surface area contributed by atoms with Crippen LogP contribution in [-0.2, 0) is 7.05 Å². The van der Waals surface area contributed by atoms with Crippen molar-refractivity contribution in [1.29, 1.82) is 0 Å². The lowest BCUT2D eigenvalue weighted by molar-refractivity contribution is 0.193. The van der Waals surface area contributed by atoms with Gasteiger partial charge in [0.15, 0.2) is 0 Å². The third kappa shape index (κ3) is 1.37. The third-order valence-electron chi connectivity index (χ3n) is 1.61. The summed E-state index contributed by atoms with van der Waals surface area (Å²) in [5, 5.41) is 8.54. The van der Waals surface area contributed by atoms with Crippen LogP contribution in [0, 0.1) is 6.92 Å². The van der Waals surface area contributed by atoms with Crippen LogP contribution in [0.2, 0.25) is 0 Å². The van der Waals surface area contributed by atoms with Crippen LogP contribution in [0.1, 0.15) is 5.56 Å². The Morgan fingerprint density at radius 3 is 2.46 bits per heavy atom. The molecule has 6 heteroatoms. The predicted molar refractivity (Wildman–Crippen MR) is 44.1 cm³/mol. The molecule has 0 amide bonds. The van der Waals surface area contributed by atoms with Gasteiger partial charge in [-0.2, -0.15) is 4.57 Å². The summed E-state index contributed by atoms with van der Waals surface area (Å²) in [6.07, 6.45) is -0.265. The Balaban J connectivity index is 3.77. The SMILES string of the molecule is Cc1cn(C)c(=O)n(C(=O)O)c1=O. The van der Waals surface area contributed by atoms with Crippen LogP contribution >= 0.6 is 0 Å². The van der Waals surface area contributed by atoms with Crippen LogP contribution in [0.15, 0.2) is 15.8 Å². The molecule has 1 aromatic rings. The van der Waals surface area contributed by atoms with E-state index in [2.05, 4.69) is 0 Å². The highest BCUT2D eigenvalue weighted by Crippen LogP contribution is 1.82. The summed E-state index contributed by atoms with van der Waals surface area (Å²) in [7, 11) is 1.38. The van der Waals surface area contributed by atoms with E-state index in [0.717, 1.165) is 4.57 Å². The van der Waals surface area contributed by atoms with Crippen molar-refractivity contribution in [2.24, 2.45) is 7.05 Å². The topological polar surface area (TPSA) is 81.3 Å². The van der Waals surface area contributed by atoms with Crippen LogP contribution in [0.3, 0.4) is 0 Å². The van der Waals surface area contributed by atoms with Gasteiger partial charge >= 0.3 is 11.8 Å². The van der Waals surface area contributed by atoms with E-state index in [0.29, 0.717) is 0 Å². The number of aryl methyl sites for hydroxylation is 2. The van der Waals surface area contributed by atoms with Crippen LogP contribution < -0.4 is 11.2 Å². The molecule has 0 fully saturated rings. The molecule has 0 bridgehead atoms. The summed E-state index contributed by atoms with van der Waals surface area (Å²) in [6.45, 7) is 1.45. The van der Waals surface area contributed by atoms with Crippen molar-refractivity contribution in [3.63, 3.8) is 0 Å². The van der Waals surface area contributed by atoms with Crippen molar-refractivity contribution >= 4 is 6.09 Å². The van der Waals surface area contributed by atoms with Crippen molar-refractivity contribution in [3.05, 3.63) is 32.6 Å². The maximum absolute atomic E-state index is 11.2. The lowest BCUT2D eigenvalue weighted by atomic mass is 10.4. The molecular formula is C7H8N2O4. The first-order chi connectivity index (χ1) is 5.95. The molecule has 1 heterocycles. The Kier molecular flexibility index (Phi) is 2.05. The fourth-order valence-corrected chi connectivity index (χ4v) is 0.991. The molecular weight excluding hydrogens is 176 g/mol. The highest BCUT2D eigenvalue weighted by atomic mass is 16.4. The summed E-state index contributed by atoms with van der Waals surface area (Å²) >= 11 is 0. The molecule has 0 aliphatic heterocycles. The molecule has 1 rings (SSSR count). The van der Waals surface area contributed by atoms with Crippen molar-refractivity contribution in [2.75, 3.05) is 0 Å². The minimum atomic E-state index is -1.56. The number of hydrogen-bond donors (Lipinski definition) is 1. The van der Waals surface area contributed by atoms with Gasteiger partial charge < -0.3 is 9.67 Å². The van der Waals surface area contributed by atoms with E-state index >= 15 is 0 Å². The molecule has 0 aromatic carbocycles. The van der Waals surface area contributed by atoms with Gasteiger partial charge in [-0.1, -0.05) is 0 Å². The average Bonchev–Trinajstić information content (AvgIpc) is 2.01. The quantitative estimate of drug-likeness (QED) is 0.582. The highest BCUT2D eigenvalue weighted by molar-refractivity contribution is 5.67. The molecule has 0 unspecified atom stereocenters. The van der Waals surface area contributed by atoms with E-state index in [9.17, 15) is 14.4 Å². The monoisotopic (exact) mass is 184 g/mol. The maximum atomic E-state index is 11.2. The van der Waals surface area contributed by atoms with Crippen molar-refractivity contribution < 1.29 is 9.90 Å². The number of aromatic nitrogens is 2. The smallest absolute Gasteiger partial charge is 0.422 e. The van der Waals surface area contributed by atoms with Crippen LogP contribution in [-0.4, -0.2) is 20.3 Å². The Morgan fingerprint density at radius 1 is 1.46 bits per heavy atom. The number of nitrogens with zero attached hydrogens (tertiary/aromatic N) is 2. The molecule has 1 aromatic heterocycles. The number of rotatable bonds is 0. The van der Waals surface area contributed by atoms with E-state index in [1.54, 1.807) is 0 Å². The van der Waals surface area contributed by atoms with Crippen LogP contribution in [0.5, 0.6) is 0 Å². The Morgan fingerprint density at radius 2 is 2.00 bits per heavy atom. The normalized spacial score (nSPS) is 10.0. The van der Waals surface area contributed by atoms with Gasteiger partial charge in [-0.3, -0.25) is 4.79 Å². The summed E-state index contributed by atoms with van der Waals surface area (Å²) < 4.78 is 1.22.